The Kier molecular flexibility index (Phi) is 18.2. The summed E-state index contributed by atoms with van der Waals surface area (Å²) in [5, 5.41) is 8.75. The first-order valence-electron chi connectivity index (χ1n) is 22.9. The van der Waals surface area contributed by atoms with Gasteiger partial charge in [-0.25, -0.2) is 24.2 Å². The van der Waals surface area contributed by atoms with E-state index in [1.165, 1.54) is 0 Å². The number of unbranched alkanes of at least 4 members (excludes halogenated alkanes) is 2. The van der Waals surface area contributed by atoms with Crippen LogP contribution in [-0.4, -0.2) is 137 Å². The van der Waals surface area contributed by atoms with Gasteiger partial charge in [-0.2, -0.15) is 0 Å². The van der Waals surface area contributed by atoms with Crippen LogP contribution in [0.25, 0.3) is 0 Å². The van der Waals surface area contributed by atoms with Crippen molar-refractivity contribution < 1.29 is 47.7 Å². The lowest BCUT2D eigenvalue weighted by molar-refractivity contribution is -0.178. The molecule has 3 aromatic rings. The second-order valence-electron chi connectivity index (χ2n) is 17.7. The summed E-state index contributed by atoms with van der Waals surface area (Å²) in [7, 11) is 0. The van der Waals surface area contributed by atoms with Crippen molar-refractivity contribution in [2.75, 3.05) is 59.0 Å². The van der Waals surface area contributed by atoms with E-state index in [2.05, 4.69) is 20.9 Å². The van der Waals surface area contributed by atoms with E-state index in [0.29, 0.717) is 65.1 Å². The second-order valence-corrected chi connectivity index (χ2v) is 17.7. The Labute approximate surface area is 381 Å². The molecule has 65 heavy (non-hydrogen) atoms. The number of aromatic nitrogens is 2. The normalized spacial score (nSPS) is 19.2. The Hall–Kier alpha value is -5.88. The number of benzene rings is 2. The number of piperidine rings is 1. The largest absolute Gasteiger partial charge is 0.447 e. The highest BCUT2D eigenvalue weighted by molar-refractivity contribution is 5.79. The molecule has 3 aliphatic heterocycles. The molecule has 2 aromatic carbocycles. The van der Waals surface area contributed by atoms with Gasteiger partial charge >= 0.3 is 24.3 Å². The molecule has 3 N–H and O–H groups in total. The monoisotopic (exact) mass is 902 g/mol. The minimum Gasteiger partial charge on any atom is -0.447 e. The quantitative estimate of drug-likeness (QED) is 0.115. The number of nitrogens with zero attached hydrogens (tertiary/aromatic N) is 5. The number of aryl methyl sites for hydroxylation is 1. The number of imidazole rings is 1. The first-order valence-corrected chi connectivity index (χ1v) is 22.9. The Morgan fingerprint density at radius 1 is 0.754 bits per heavy atom. The molecule has 0 aliphatic carbocycles. The standard InChI is InChI=1S/C47H66N8O10/c1-47(2,3)65-44(58)51-31-36-14-12-35(13-15-36)30-50-43(57)53-25-27-55(28-26-53)46(60)64-39-18-29-61-40(41(39)62-32-37-10-6-4-7-11-37)33-63-45(59)54-22-16-38(17-23-54)42(56)49-19-8-5-9-21-52-24-20-48-34-52/h4,6-7,10-15,20,24,34,38-41H,5,8-9,16-19,21-23,25-33H2,1-3H3,(H,49,56)(H,50,57)(H,51,58)/t39-,40-,41+/m1/s1. The fourth-order valence-electron chi connectivity index (χ4n) is 7.87. The van der Waals surface area contributed by atoms with Crippen LogP contribution in [0.1, 0.15) is 76.0 Å². The smallest absolute Gasteiger partial charge is 0.410 e. The lowest BCUT2D eigenvalue weighted by Crippen LogP contribution is -2.55. The first-order chi connectivity index (χ1) is 31.4. The number of piperazine rings is 1. The molecule has 3 aliphatic rings. The molecule has 0 unspecified atom stereocenters. The van der Waals surface area contributed by atoms with Crippen LogP contribution in [0.4, 0.5) is 19.2 Å². The van der Waals surface area contributed by atoms with Gasteiger partial charge in [-0.3, -0.25) is 4.79 Å². The fraction of sp³-hybridized carbons (Fsp3) is 0.574. The zero-order valence-corrected chi connectivity index (χ0v) is 38.0. The van der Waals surface area contributed by atoms with Crippen molar-refractivity contribution in [2.24, 2.45) is 5.92 Å². The van der Waals surface area contributed by atoms with E-state index in [-0.39, 0.29) is 50.8 Å². The molecule has 3 fully saturated rings. The number of carbonyl (C=O) groups is 5. The van der Waals surface area contributed by atoms with E-state index in [1.54, 1.807) is 27.2 Å². The summed E-state index contributed by atoms with van der Waals surface area (Å²) in [6.45, 7) is 10.0. The summed E-state index contributed by atoms with van der Waals surface area (Å²) in [6.07, 6.45) is 6.37. The number of hydrogen-bond acceptors (Lipinski definition) is 11. The van der Waals surface area contributed by atoms with Crippen molar-refractivity contribution in [3.05, 3.63) is 90.0 Å². The van der Waals surface area contributed by atoms with Crippen molar-refractivity contribution in [3.8, 4) is 0 Å². The number of likely N-dealkylation sites (tertiary alicyclic amines) is 1. The predicted molar refractivity (Wildman–Crippen MR) is 239 cm³/mol. The van der Waals surface area contributed by atoms with Crippen molar-refractivity contribution in [1.82, 2.24) is 40.2 Å². The number of amides is 6. The van der Waals surface area contributed by atoms with Crippen LogP contribution >= 0.6 is 0 Å². The molecule has 354 valence electrons. The van der Waals surface area contributed by atoms with Crippen LogP contribution in [-0.2, 0) is 54.7 Å². The SMILES string of the molecule is CC(C)(C)OC(=O)NCc1ccc(CNC(=O)N2CCN(C(=O)O[C@@H]3CCO[C@H](COC(=O)N4CCC(C(=O)NCCCCCn5ccnc5)CC4)[C@H]3OCc3ccccc3)CC2)cc1. The third-order valence-electron chi connectivity index (χ3n) is 11.6. The Bertz CT molecular complexity index is 1950. The van der Waals surface area contributed by atoms with Crippen molar-refractivity contribution in [3.63, 3.8) is 0 Å². The van der Waals surface area contributed by atoms with Gasteiger partial charge in [0.2, 0.25) is 5.91 Å². The lowest BCUT2D eigenvalue weighted by Gasteiger charge is -2.39. The van der Waals surface area contributed by atoms with Crippen LogP contribution in [0.5, 0.6) is 0 Å². The van der Waals surface area contributed by atoms with Crippen LogP contribution in [0.3, 0.4) is 0 Å². The molecule has 18 heteroatoms. The average molecular weight is 903 g/mol. The van der Waals surface area contributed by atoms with Gasteiger partial charge in [0.05, 0.1) is 19.5 Å². The minimum absolute atomic E-state index is 0.0254. The highest BCUT2D eigenvalue weighted by atomic mass is 16.6. The predicted octanol–water partition coefficient (Wildman–Crippen LogP) is 5.45. The molecule has 0 spiro atoms. The van der Waals surface area contributed by atoms with Crippen molar-refractivity contribution in [2.45, 2.75) is 109 Å². The number of alkyl carbamates (subject to hydrolysis) is 1. The van der Waals surface area contributed by atoms with Gasteiger partial charge in [-0.1, -0.05) is 54.6 Å². The molecule has 18 nitrogen and oxygen atoms in total. The zero-order chi connectivity index (χ0) is 46.0. The van der Waals surface area contributed by atoms with E-state index >= 15 is 0 Å². The Morgan fingerprint density at radius 3 is 2.11 bits per heavy atom. The molecule has 3 saturated heterocycles. The van der Waals surface area contributed by atoms with Crippen LogP contribution in [0, 0.1) is 5.92 Å². The molecule has 6 rings (SSSR count). The number of ether oxygens (including phenoxy) is 5. The third-order valence-corrected chi connectivity index (χ3v) is 11.6. The number of hydrogen-bond donors (Lipinski definition) is 3. The third kappa shape index (κ3) is 16.0. The van der Waals surface area contributed by atoms with Crippen molar-refractivity contribution >= 4 is 30.2 Å². The maximum atomic E-state index is 13.6. The Balaban J connectivity index is 0.913. The average Bonchev–Trinajstić information content (AvgIpc) is 3.84. The molecule has 0 radical (unpaired) electrons. The van der Waals surface area contributed by atoms with E-state index < -0.39 is 42.2 Å². The maximum absolute atomic E-state index is 13.6. The highest BCUT2D eigenvalue weighted by Gasteiger charge is 2.40. The van der Waals surface area contributed by atoms with Gasteiger partial charge in [0.15, 0.2) is 0 Å². The van der Waals surface area contributed by atoms with Gasteiger partial charge in [0.25, 0.3) is 0 Å². The fourth-order valence-corrected chi connectivity index (χ4v) is 7.87. The van der Waals surface area contributed by atoms with Crippen molar-refractivity contribution in [1.29, 1.82) is 0 Å². The number of urea groups is 1. The highest BCUT2D eigenvalue weighted by Crippen LogP contribution is 2.25. The molecule has 3 atom stereocenters. The molecular weight excluding hydrogens is 837 g/mol. The van der Waals surface area contributed by atoms with Crippen LogP contribution in [0.15, 0.2) is 73.3 Å². The van der Waals surface area contributed by atoms with E-state index in [9.17, 15) is 24.0 Å². The topological polar surface area (TPSA) is 195 Å². The van der Waals surface area contributed by atoms with Gasteiger partial charge in [0, 0.05) is 90.2 Å². The van der Waals surface area contributed by atoms with Gasteiger partial charge in [-0.15, -0.1) is 0 Å². The van der Waals surface area contributed by atoms with Gasteiger partial charge < -0.3 is 58.9 Å². The summed E-state index contributed by atoms with van der Waals surface area (Å²) >= 11 is 0. The van der Waals surface area contributed by atoms with Gasteiger partial charge in [0.1, 0.15) is 30.5 Å². The molecule has 0 bridgehead atoms. The molecule has 6 amide bonds. The molecular formula is C47H66N8O10. The van der Waals surface area contributed by atoms with Crippen LogP contribution < -0.4 is 16.0 Å². The minimum atomic E-state index is -0.719. The van der Waals surface area contributed by atoms with Crippen LogP contribution in [0.2, 0.25) is 0 Å². The number of rotatable bonds is 17. The summed E-state index contributed by atoms with van der Waals surface area (Å²) in [5.41, 5.74) is 2.15. The number of carbonyl (C=O) groups excluding carboxylic acids is 5. The Morgan fingerprint density at radius 2 is 1.43 bits per heavy atom. The lowest BCUT2D eigenvalue weighted by atomic mass is 9.96. The first kappa shape index (κ1) is 48.6. The maximum Gasteiger partial charge on any atom is 0.410 e. The summed E-state index contributed by atoms with van der Waals surface area (Å²) < 4.78 is 31.6. The van der Waals surface area contributed by atoms with Gasteiger partial charge in [-0.05, 0) is 69.6 Å². The summed E-state index contributed by atoms with van der Waals surface area (Å²) in [6, 6.07) is 16.9. The van der Waals surface area contributed by atoms with E-state index in [1.807, 2.05) is 86.1 Å². The second kappa shape index (κ2) is 24.4. The summed E-state index contributed by atoms with van der Waals surface area (Å²) in [5.74, 6) is -0.131. The van der Waals surface area contributed by atoms with E-state index in [0.717, 1.165) is 42.5 Å². The zero-order valence-electron chi connectivity index (χ0n) is 38.0. The summed E-state index contributed by atoms with van der Waals surface area (Å²) in [4.78, 5) is 73.6. The molecule has 1 aromatic heterocycles. The molecule has 0 saturated carbocycles. The van der Waals surface area contributed by atoms with E-state index in [4.69, 9.17) is 23.7 Å². The number of nitrogens with one attached hydrogen (secondary N) is 3. The molecule has 4 heterocycles.